The molecule has 0 aromatic heterocycles. The zero-order valence-electron chi connectivity index (χ0n) is 23.0. The largest absolute Gasteiger partial charge is 0.392 e. The van der Waals surface area contributed by atoms with Crippen LogP contribution in [0.5, 0.6) is 0 Å². The lowest BCUT2D eigenvalue weighted by Crippen LogP contribution is -2.55. The molecule has 35 heavy (non-hydrogen) atoms. The van der Waals surface area contributed by atoms with Crippen molar-refractivity contribution in [3.05, 3.63) is 48.6 Å². The topological polar surface area (TPSA) is 107 Å². The molecule has 1 aliphatic rings. The Kier molecular flexibility index (Phi) is 13.7. The molecule has 0 aromatic carbocycles. The summed E-state index contributed by atoms with van der Waals surface area (Å²) in [5, 5.41) is 42.9. The van der Waals surface area contributed by atoms with Crippen molar-refractivity contribution in [2.75, 3.05) is 0 Å². The summed E-state index contributed by atoms with van der Waals surface area (Å²) in [7, 11) is 0. The van der Waals surface area contributed by atoms with Crippen LogP contribution in [0.25, 0.3) is 0 Å². The number of allylic oxidation sites excluding steroid dienone is 3. The molecule has 0 radical (unpaired) electrons. The third-order valence-electron chi connectivity index (χ3n) is 8.05. The highest BCUT2D eigenvalue weighted by Crippen LogP contribution is 2.31. The van der Waals surface area contributed by atoms with Crippen molar-refractivity contribution >= 4 is 0 Å². The standard InChI is InChI=1S/C30H53NO4/c1-8-9-12-24(6)30(31,35)25(7)29(34)23(5)18-20(2)17-22(4)28(33)21(3)15-16-27(32)19-26-13-10-11-14-26/h8-9,12,15-17,21-29,32-35H,1,10-11,13-14,18-19,31H2,2-7H3/b12-9+,16-15+,20-17+. The number of nitrogens with two attached hydrogens (primary N) is 1. The molecule has 1 fully saturated rings. The van der Waals surface area contributed by atoms with E-state index in [4.69, 9.17) is 5.73 Å². The van der Waals surface area contributed by atoms with Gasteiger partial charge in [0.2, 0.25) is 0 Å². The van der Waals surface area contributed by atoms with E-state index in [1.54, 1.807) is 25.2 Å². The number of rotatable bonds is 15. The first-order chi connectivity index (χ1) is 16.3. The van der Waals surface area contributed by atoms with Crippen molar-refractivity contribution in [3.8, 4) is 0 Å². The van der Waals surface area contributed by atoms with Gasteiger partial charge in [0.05, 0.1) is 18.3 Å². The van der Waals surface area contributed by atoms with Crippen molar-refractivity contribution in [1.82, 2.24) is 0 Å². The average molecular weight is 492 g/mol. The third kappa shape index (κ3) is 10.3. The molecule has 9 unspecified atom stereocenters. The van der Waals surface area contributed by atoms with Crippen molar-refractivity contribution < 1.29 is 20.4 Å². The lowest BCUT2D eigenvalue weighted by Gasteiger charge is -2.39. The Morgan fingerprint density at radius 1 is 0.971 bits per heavy atom. The van der Waals surface area contributed by atoms with E-state index in [1.165, 1.54) is 25.7 Å². The van der Waals surface area contributed by atoms with E-state index in [9.17, 15) is 20.4 Å². The Morgan fingerprint density at radius 3 is 2.14 bits per heavy atom. The predicted octanol–water partition coefficient (Wildman–Crippen LogP) is 5.11. The van der Waals surface area contributed by atoms with Crippen LogP contribution in [0.4, 0.5) is 0 Å². The summed E-state index contributed by atoms with van der Waals surface area (Å²) in [5.74, 6) is -0.499. The van der Waals surface area contributed by atoms with Crippen LogP contribution in [0, 0.1) is 35.5 Å². The normalized spacial score (nSPS) is 24.6. The quantitative estimate of drug-likeness (QED) is 0.124. The van der Waals surface area contributed by atoms with Gasteiger partial charge in [-0.3, -0.25) is 0 Å². The molecule has 6 N–H and O–H groups in total. The SMILES string of the molecule is C=C/C=C/C(C)C(N)(O)C(C)C(O)C(C)C/C(C)=C/C(C)C(O)C(C)/C=C/C(O)CC1CCCC1. The van der Waals surface area contributed by atoms with Crippen LogP contribution in [-0.2, 0) is 0 Å². The second-order valence-corrected chi connectivity index (χ2v) is 11.3. The van der Waals surface area contributed by atoms with Crippen molar-refractivity contribution in [2.45, 2.75) is 104 Å². The van der Waals surface area contributed by atoms with Crippen molar-refractivity contribution in [2.24, 2.45) is 41.2 Å². The van der Waals surface area contributed by atoms with Crippen LogP contribution in [0.1, 0.15) is 80.1 Å². The molecule has 202 valence electrons. The number of aliphatic hydroxyl groups is 4. The monoisotopic (exact) mass is 491 g/mol. The molecular formula is C30H53NO4. The summed E-state index contributed by atoms with van der Waals surface area (Å²) >= 11 is 0. The van der Waals surface area contributed by atoms with E-state index < -0.39 is 30.0 Å². The van der Waals surface area contributed by atoms with Crippen LogP contribution in [0.3, 0.4) is 0 Å². The average Bonchev–Trinajstić information content (AvgIpc) is 3.31. The van der Waals surface area contributed by atoms with E-state index in [1.807, 2.05) is 46.8 Å². The van der Waals surface area contributed by atoms with E-state index in [-0.39, 0.29) is 23.7 Å². The molecule has 0 spiro atoms. The smallest absolute Gasteiger partial charge is 0.124 e. The maximum absolute atomic E-state index is 10.9. The Labute approximate surface area is 214 Å². The maximum Gasteiger partial charge on any atom is 0.124 e. The summed E-state index contributed by atoms with van der Waals surface area (Å²) in [4.78, 5) is 0. The zero-order chi connectivity index (χ0) is 26.8. The van der Waals surface area contributed by atoms with E-state index >= 15 is 0 Å². The molecule has 0 amide bonds. The van der Waals surface area contributed by atoms with Gasteiger partial charge in [-0.05, 0) is 31.6 Å². The molecule has 0 aromatic rings. The first-order valence-corrected chi connectivity index (χ1v) is 13.5. The molecule has 5 nitrogen and oxygen atoms in total. The second kappa shape index (κ2) is 15.1. The lowest BCUT2D eigenvalue weighted by atomic mass is 9.78. The Balaban J connectivity index is 2.65. The molecule has 0 saturated heterocycles. The highest BCUT2D eigenvalue weighted by Gasteiger charge is 2.39. The minimum absolute atomic E-state index is 0.0705. The summed E-state index contributed by atoms with van der Waals surface area (Å²) in [6.07, 6.45) is 15.6. The van der Waals surface area contributed by atoms with Crippen LogP contribution in [0.15, 0.2) is 48.6 Å². The minimum atomic E-state index is -1.54. The molecule has 0 bridgehead atoms. The summed E-state index contributed by atoms with van der Waals surface area (Å²) < 4.78 is 0. The molecule has 9 atom stereocenters. The van der Waals surface area contributed by atoms with Crippen LogP contribution < -0.4 is 5.73 Å². The van der Waals surface area contributed by atoms with Gasteiger partial charge in [-0.15, -0.1) is 0 Å². The van der Waals surface area contributed by atoms with Gasteiger partial charge < -0.3 is 26.2 Å². The van der Waals surface area contributed by atoms with E-state index in [2.05, 4.69) is 12.7 Å². The summed E-state index contributed by atoms with van der Waals surface area (Å²) in [6, 6.07) is 0. The number of aliphatic hydroxyl groups excluding tert-OH is 3. The van der Waals surface area contributed by atoms with Crippen molar-refractivity contribution in [3.63, 3.8) is 0 Å². The van der Waals surface area contributed by atoms with Crippen LogP contribution >= 0.6 is 0 Å². The Morgan fingerprint density at radius 2 is 1.57 bits per heavy atom. The summed E-state index contributed by atoms with van der Waals surface area (Å²) in [6.45, 7) is 15.2. The highest BCUT2D eigenvalue weighted by molar-refractivity contribution is 5.08. The number of hydrogen-bond acceptors (Lipinski definition) is 5. The Bertz CT molecular complexity index is 707. The fourth-order valence-corrected chi connectivity index (χ4v) is 5.39. The maximum atomic E-state index is 10.9. The second-order valence-electron chi connectivity index (χ2n) is 11.3. The molecule has 1 saturated carbocycles. The molecule has 0 aliphatic heterocycles. The molecular weight excluding hydrogens is 438 g/mol. The van der Waals surface area contributed by atoms with Gasteiger partial charge in [0.25, 0.3) is 0 Å². The first-order valence-electron chi connectivity index (χ1n) is 13.5. The minimum Gasteiger partial charge on any atom is -0.392 e. The van der Waals surface area contributed by atoms with Gasteiger partial charge in [-0.1, -0.05) is 109 Å². The molecule has 1 aliphatic carbocycles. The summed E-state index contributed by atoms with van der Waals surface area (Å²) in [5.41, 5.74) is 5.73. The Hall–Kier alpha value is -1.24. The zero-order valence-corrected chi connectivity index (χ0v) is 23.0. The van der Waals surface area contributed by atoms with Crippen LogP contribution in [-0.4, -0.2) is 44.5 Å². The predicted molar refractivity (Wildman–Crippen MR) is 146 cm³/mol. The van der Waals surface area contributed by atoms with E-state index in [0.717, 1.165) is 12.0 Å². The fourth-order valence-electron chi connectivity index (χ4n) is 5.39. The van der Waals surface area contributed by atoms with Gasteiger partial charge in [-0.2, -0.15) is 0 Å². The number of hydrogen-bond donors (Lipinski definition) is 5. The molecule has 1 rings (SSSR count). The first kappa shape index (κ1) is 31.8. The highest BCUT2D eigenvalue weighted by atomic mass is 16.3. The van der Waals surface area contributed by atoms with Gasteiger partial charge in [0, 0.05) is 23.7 Å². The molecule has 0 heterocycles. The van der Waals surface area contributed by atoms with Crippen molar-refractivity contribution in [1.29, 1.82) is 0 Å². The van der Waals surface area contributed by atoms with Gasteiger partial charge in [-0.25, -0.2) is 0 Å². The fraction of sp³-hybridized carbons (Fsp3) is 0.733. The van der Waals surface area contributed by atoms with Gasteiger partial charge >= 0.3 is 0 Å². The lowest BCUT2D eigenvalue weighted by molar-refractivity contribution is -0.0960. The van der Waals surface area contributed by atoms with Gasteiger partial charge in [0.1, 0.15) is 5.72 Å². The van der Waals surface area contributed by atoms with Crippen LogP contribution in [0.2, 0.25) is 0 Å². The van der Waals surface area contributed by atoms with Gasteiger partial charge in [0.15, 0.2) is 0 Å². The van der Waals surface area contributed by atoms with E-state index in [0.29, 0.717) is 12.3 Å². The molecule has 5 heteroatoms. The third-order valence-corrected chi connectivity index (χ3v) is 8.05.